The molecule has 0 bridgehead atoms. The predicted molar refractivity (Wildman–Crippen MR) is 105 cm³/mol. The second-order valence-corrected chi connectivity index (χ2v) is 7.37. The Morgan fingerprint density at radius 1 is 1.04 bits per heavy atom. The van der Waals surface area contributed by atoms with Crippen molar-refractivity contribution in [3.8, 4) is 0 Å². The lowest BCUT2D eigenvalue weighted by molar-refractivity contribution is -0.129. The molecule has 0 saturated carbocycles. The van der Waals surface area contributed by atoms with Crippen LogP contribution in [0.15, 0.2) is 30.3 Å². The molecular weight excluding hydrogens is 357 g/mol. The Hall–Kier alpha value is -0.810. The maximum atomic E-state index is 12.2. The van der Waals surface area contributed by atoms with Gasteiger partial charge in [0.05, 0.1) is 0 Å². The molecule has 1 aromatic rings. The van der Waals surface area contributed by atoms with Gasteiger partial charge in [-0.05, 0) is 50.4 Å². The molecule has 1 N–H and O–H groups in total. The second kappa shape index (κ2) is 9.22. The van der Waals surface area contributed by atoms with Crippen LogP contribution in [-0.2, 0) is 11.3 Å². The zero-order chi connectivity index (χ0) is 15.6. The van der Waals surface area contributed by atoms with Crippen molar-refractivity contribution < 1.29 is 4.79 Å². The van der Waals surface area contributed by atoms with Crippen LogP contribution in [0.25, 0.3) is 0 Å². The number of amides is 1. The average Bonchev–Trinajstić information content (AvgIpc) is 3.13. The minimum absolute atomic E-state index is 0. The summed E-state index contributed by atoms with van der Waals surface area (Å²) in [5.74, 6) is 1.06. The third-order valence-corrected chi connectivity index (χ3v) is 5.84. The molecule has 3 aliphatic rings. The lowest BCUT2D eigenvalue weighted by Gasteiger charge is -2.35. The highest BCUT2D eigenvalue weighted by Gasteiger charge is 2.42. The number of nitrogens with zero attached hydrogens (tertiary/aromatic N) is 2. The molecule has 3 saturated heterocycles. The first-order valence-electron chi connectivity index (χ1n) is 9.09. The topological polar surface area (TPSA) is 35.6 Å². The summed E-state index contributed by atoms with van der Waals surface area (Å²) in [6, 6.07) is 11.6. The van der Waals surface area contributed by atoms with E-state index in [2.05, 4.69) is 45.4 Å². The lowest BCUT2D eigenvalue weighted by Crippen LogP contribution is -2.42. The standard InChI is InChI=1S/C19H27N3O.2ClH/c23-19-12-17-18(6-9-20-17)22(19)14-16-7-10-21(11-8-16)13-15-4-2-1-3-5-15;;/h1-5,16-18,20H,6-14H2;2*1H/t17-,18-;;/m1../s1. The summed E-state index contributed by atoms with van der Waals surface area (Å²) >= 11 is 0. The van der Waals surface area contributed by atoms with Crippen LogP contribution in [0.4, 0.5) is 0 Å². The Kier molecular flexibility index (Phi) is 7.56. The number of piperidine rings is 1. The number of nitrogens with one attached hydrogen (secondary N) is 1. The number of halogens is 2. The largest absolute Gasteiger partial charge is 0.338 e. The molecule has 0 unspecified atom stereocenters. The molecule has 2 atom stereocenters. The number of hydrogen-bond acceptors (Lipinski definition) is 3. The van der Waals surface area contributed by atoms with Crippen LogP contribution in [0.3, 0.4) is 0 Å². The normalized spacial score (nSPS) is 26.9. The number of hydrogen-bond donors (Lipinski definition) is 1. The number of carbonyl (C=O) groups excluding carboxylic acids is 1. The first kappa shape index (κ1) is 20.5. The van der Waals surface area contributed by atoms with E-state index in [1.807, 2.05) is 0 Å². The predicted octanol–water partition coefficient (Wildman–Crippen LogP) is 2.71. The molecule has 3 fully saturated rings. The van der Waals surface area contributed by atoms with E-state index in [9.17, 15) is 4.79 Å². The highest BCUT2D eigenvalue weighted by atomic mass is 35.5. The summed E-state index contributed by atoms with van der Waals surface area (Å²) < 4.78 is 0. The smallest absolute Gasteiger partial charge is 0.224 e. The molecule has 0 aliphatic carbocycles. The van der Waals surface area contributed by atoms with Crippen molar-refractivity contribution >= 4 is 30.7 Å². The summed E-state index contributed by atoms with van der Waals surface area (Å²) in [6.45, 7) is 5.45. The van der Waals surface area contributed by atoms with Crippen LogP contribution in [0.2, 0.25) is 0 Å². The number of fused-ring (bicyclic) bond motifs is 1. The van der Waals surface area contributed by atoms with Crippen molar-refractivity contribution in [2.45, 2.75) is 44.3 Å². The molecule has 0 spiro atoms. The Morgan fingerprint density at radius 2 is 1.76 bits per heavy atom. The van der Waals surface area contributed by atoms with Crippen LogP contribution in [0.5, 0.6) is 0 Å². The molecule has 0 radical (unpaired) electrons. The van der Waals surface area contributed by atoms with E-state index in [0.29, 0.717) is 23.9 Å². The van der Waals surface area contributed by atoms with Gasteiger partial charge in [-0.2, -0.15) is 0 Å². The maximum Gasteiger partial charge on any atom is 0.224 e. The quantitative estimate of drug-likeness (QED) is 0.865. The van der Waals surface area contributed by atoms with Gasteiger partial charge in [-0.1, -0.05) is 30.3 Å². The molecule has 1 amide bonds. The van der Waals surface area contributed by atoms with Gasteiger partial charge in [0.15, 0.2) is 0 Å². The van der Waals surface area contributed by atoms with Gasteiger partial charge >= 0.3 is 0 Å². The molecule has 25 heavy (non-hydrogen) atoms. The monoisotopic (exact) mass is 385 g/mol. The van der Waals surface area contributed by atoms with Crippen molar-refractivity contribution in [3.05, 3.63) is 35.9 Å². The van der Waals surface area contributed by atoms with E-state index in [1.165, 1.54) is 18.4 Å². The number of benzene rings is 1. The fourth-order valence-electron chi connectivity index (χ4n) is 4.51. The first-order valence-corrected chi connectivity index (χ1v) is 9.09. The van der Waals surface area contributed by atoms with E-state index in [1.54, 1.807) is 0 Å². The molecule has 6 heteroatoms. The van der Waals surface area contributed by atoms with Gasteiger partial charge in [-0.3, -0.25) is 9.69 Å². The Bertz CT molecular complexity index is 549. The fraction of sp³-hybridized carbons (Fsp3) is 0.632. The number of carbonyl (C=O) groups is 1. The molecule has 1 aromatic carbocycles. The molecule has 3 heterocycles. The van der Waals surface area contributed by atoms with Crippen LogP contribution in [0, 0.1) is 5.92 Å². The second-order valence-electron chi connectivity index (χ2n) is 7.37. The summed E-state index contributed by atoms with van der Waals surface area (Å²) in [7, 11) is 0. The SMILES string of the molecule is Cl.Cl.O=C1C[C@H]2NCC[C@H]2N1CC1CCN(Cc2ccccc2)CC1. The van der Waals surface area contributed by atoms with Gasteiger partial charge < -0.3 is 10.2 Å². The van der Waals surface area contributed by atoms with Crippen LogP contribution in [-0.4, -0.2) is 54.0 Å². The molecule has 3 aliphatic heterocycles. The summed E-state index contributed by atoms with van der Waals surface area (Å²) in [5, 5.41) is 3.48. The van der Waals surface area contributed by atoms with Crippen molar-refractivity contribution in [2.24, 2.45) is 5.92 Å². The van der Waals surface area contributed by atoms with Gasteiger partial charge in [-0.25, -0.2) is 0 Å². The van der Waals surface area contributed by atoms with Crippen molar-refractivity contribution in [2.75, 3.05) is 26.2 Å². The van der Waals surface area contributed by atoms with Crippen LogP contribution >= 0.6 is 24.8 Å². The van der Waals surface area contributed by atoms with E-state index in [4.69, 9.17) is 0 Å². The van der Waals surface area contributed by atoms with Crippen molar-refractivity contribution in [1.82, 2.24) is 15.1 Å². The molecule has 0 aromatic heterocycles. The number of rotatable bonds is 4. The zero-order valence-electron chi connectivity index (χ0n) is 14.6. The van der Waals surface area contributed by atoms with Crippen molar-refractivity contribution in [1.29, 1.82) is 0 Å². The third kappa shape index (κ3) is 4.68. The van der Waals surface area contributed by atoms with Crippen LogP contribution in [0.1, 0.15) is 31.2 Å². The van der Waals surface area contributed by atoms with Gasteiger partial charge in [0, 0.05) is 31.6 Å². The first-order chi connectivity index (χ1) is 11.3. The lowest BCUT2D eigenvalue weighted by atomic mass is 9.95. The van der Waals surface area contributed by atoms with Gasteiger partial charge in [0.1, 0.15) is 0 Å². The number of likely N-dealkylation sites (tertiary alicyclic amines) is 2. The fourth-order valence-corrected chi connectivity index (χ4v) is 4.51. The summed E-state index contributed by atoms with van der Waals surface area (Å²) in [6.07, 6.45) is 4.31. The van der Waals surface area contributed by atoms with Crippen molar-refractivity contribution in [3.63, 3.8) is 0 Å². The average molecular weight is 386 g/mol. The zero-order valence-corrected chi connectivity index (χ0v) is 16.2. The summed E-state index contributed by atoms with van der Waals surface area (Å²) in [4.78, 5) is 17.0. The van der Waals surface area contributed by atoms with Gasteiger partial charge in [0.2, 0.25) is 5.91 Å². The van der Waals surface area contributed by atoms with E-state index in [0.717, 1.165) is 45.6 Å². The molecule has 140 valence electrons. The van der Waals surface area contributed by atoms with Gasteiger partial charge in [0.25, 0.3) is 0 Å². The van der Waals surface area contributed by atoms with E-state index in [-0.39, 0.29) is 24.8 Å². The Balaban J connectivity index is 0.00000113. The highest BCUT2D eigenvalue weighted by molar-refractivity contribution is 5.85. The third-order valence-electron chi connectivity index (χ3n) is 5.84. The van der Waals surface area contributed by atoms with E-state index < -0.39 is 0 Å². The highest BCUT2D eigenvalue weighted by Crippen LogP contribution is 2.29. The Morgan fingerprint density at radius 3 is 2.48 bits per heavy atom. The van der Waals surface area contributed by atoms with Gasteiger partial charge in [-0.15, -0.1) is 24.8 Å². The maximum absolute atomic E-state index is 12.2. The van der Waals surface area contributed by atoms with Crippen LogP contribution < -0.4 is 5.32 Å². The van der Waals surface area contributed by atoms with E-state index >= 15 is 0 Å². The summed E-state index contributed by atoms with van der Waals surface area (Å²) in [5.41, 5.74) is 1.40. The Labute approximate surface area is 163 Å². The molecule has 4 rings (SSSR count). The molecular formula is C19H29Cl2N3O. The molecule has 4 nitrogen and oxygen atoms in total. The minimum atomic E-state index is 0. The minimum Gasteiger partial charge on any atom is -0.338 e.